The molecule has 96 valence electrons. The number of ether oxygens (including phenoxy) is 1. The average molecular weight is 271 g/mol. The van der Waals surface area contributed by atoms with Gasteiger partial charge in [0.15, 0.2) is 5.17 Å². The second-order valence-corrected chi connectivity index (χ2v) is 4.98. The molecule has 1 aromatic carbocycles. The Morgan fingerprint density at radius 2 is 2.05 bits per heavy atom. The number of thioether (sulfide) groups is 1. The van der Waals surface area contributed by atoms with Gasteiger partial charge in [-0.15, -0.1) is 0 Å². The second kappa shape index (κ2) is 4.51. The third-order valence-electron chi connectivity index (χ3n) is 2.91. The first-order valence-electron chi connectivity index (χ1n) is 5.75. The first kappa shape index (κ1) is 11.9. The summed E-state index contributed by atoms with van der Waals surface area (Å²) in [6, 6.07) is 7.87. The van der Waals surface area contributed by atoms with Crippen molar-refractivity contribution in [2.45, 2.75) is 0 Å². The molecule has 0 fully saturated rings. The van der Waals surface area contributed by atoms with Gasteiger partial charge in [-0.05, 0) is 29.8 Å². The Morgan fingerprint density at radius 1 is 1.32 bits per heavy atom. The average Bonchev–Trinajstić information content (AvgIpc) is 2.83. The van der Waals surface area contributed by atoms with E-state index in [9.17, 15) is 0 Å². The normalized spacial score (nSPS) is 17.6. The van der Waals surface area contributed by atoms with E-state index in [2.05, 4.69) is 11.6 Å². The van der Waals surface area contributed by atoms with Gasteiger partial charge in [-0.25, -0.2) is 4.99 Å². The van der Waals surface area contributed by atoms with E-state index >= 15 is 0 Å². The highest BCUT2D eigenvalue weighted by molar-refractivity contribution is 8.16. The van der Waals surface area contributed by atoms with Gasteiger partial charge in [0.05, 0.1) is 18.5 Å². The quantitative estimate of drug-likeness (QED) is 0.898. The van der Waals surface area contributed by atoms with Crippen LogP contribution in [0.25, 0.3) is 5.70 Å². The molecule has 0 aliphatic carbocycles. The number of allylic oxidation sites excluding steroid dienone is 1. The number of fused-ring (bicyclic) bond motifs is 1. The number of benzene rings is 1. The SMILES string of the molecule is C=C1C=C(N)N2C(c3ccc(OC)cc3)=CSC2=N1. The number of amidine groups is 1. The Hall–Kier alpha value is -2.14. The van der Waals surface area contributed by atoms with Crippen molar-refractivity contribution in [3.63, 3.8) is 0 Å². The van der Waals surface area contributed by atoms with Crippen LogP contribution < -0.4 is 10.5 Å². The molecule has 0 bridgehead atoms. The van der Waals surface area contributed by atoms with Crippen LogP contribution in [-0.2, 0) is 0 Å². The molecule has 0 radical (unpaired) electrons. The number of nitrogens with two attached hydrogens (primary N) is 1. The van der Waals surface area contributed by atoms with E-state index in [1.54, 1.807) is 24.9 Å². The molecule has 0 saturated carbocycles. The summed E-state index contributed by atoms with van der Waals surface area (Å²) < 4.78 is 5.16. The number of aliphatic imine (C=N–C) groups is 1. The van der Waals surface area contributed by atoms with Crippen LogP contribution in [0.2, 0.25) is 0 Å². The molecule has 0 amide bonds. The summed E-state index contributed by atoms with van der Waals surface area (Å²) >= 11 is 1.55. The van der Waals surface area contributed by atoms with Crippen LogP contribution in [0.15, 0.2) is 58.8 Å². The minimum Gasteiger partial charge on any atom is -0.497 e. The molecule has 5 heteroatoms. The van der Waals surface area contributed by atoms with Crippen LogP contribution in [0, 0.1) is 0 Å². The van der Waals surface area contributed by atoms with Crippen LogP contribution >= 0.6 is 11.8 Å². The van der Waals surface area contributed by atoms with E-state index in [-0.39, 0.29) is 0 Å². The molecule has 0 saturated heterocycles. The van der Waals surface area contributed by atoms with Crippen molar-refractivity contribution in [2.75, 3.05) is 7.11 Å². The molecule has 1 aromatic rings. The van der Waals surface area contributed by atoms with E-state index in [0.717, 1.165) is 22.2 Å². The molecule has 2 heterocycles. The molecular formula is C14H13N3OS. The maximum atomic E-state index is 6.06. The number of rotatable bonds is 2. The van der Waals surface area contributed by atoms with Gasteiger partial charge in [0.1, 0.15) is 11.6 Å². The zero-order chi connectivity index (χ0) is 13.4. The smallest absolute Gasteiger partial charge is 0.179 e. The standard InChI is InChI=1S/C14H13N3OS/c1-9-7-13(15)17-12(8-19-14(17)16-9)10-3-5-11(18-2)6-4-10/h3-8H,1,15H2,2H3. The van der Waals surface area contributed by atoms with Crippen LogP contribution in [0.4, 0.5) is 0 Å². The fourth-order valence-electron chi connectivity index (χ4n) is 1.99. The Balaban J connectivity index is 1.96. The lowest BCUT2D eigenvalue weighted by Gasteiger charge is -2.25. The summed E-state index contributed by atoms with van der Waals surface area (Å²) in [6.45, 7) is 3.82. The molecule has 2 N–H and O–H groups in total. The van der Waals surface area contributed by atoms with E-state index in [4.69, 9.17) is 10.5 Å². The fourth-order valence-corrected chi connectivity index (χ4v) is 2.93. The van der Waals surface area contributed by atoms with Crippen molar-refractivity contribution >= 4 is 22.6 Å². The molecule has 19 heavy (non-hydrogen) atoms. The van der Waals surface area contributed by atoms with E-state index in [1.807, 2.05) is 34.6 Å². The van der Waals surface area contributed by atoms with E-state index in [1.165, 1.54) is 0 Å². The number of hydrogen-bond donors (Lipinski definition) is 1. The first-order valence-corrected chi connectivity index (χ1v) is 6.63. The number of methoxy groups -OCH3 is 1. The summed E-state index contributed by atoms with van der Waals surface area (Å²) in [7, 11) is 1.65. The molecule has 0 unspecified atom stereocenters. The van der Waals surface area contributed by atoms with Gasteiger partial charge in [-0.1, -0.05) is 18.3 Å². The lowest BCUT2D eigenvalue weighted by atomic mass is 10.1. The highest BCUT2D eigenvalue weighted by Crippen LogP contribution is 2.38. The lowest BCUT2D eigenvalue weighted by Crippen LogP contribution is -2.30. The van der Waals surface area contributed by atoms with Crippen LogP contribution in [-0.4, -0.2) is 17.2 Å². The molecule has 2 aliphatic rings. The zero-order valence-corrected chi connectivity index (χ0v) is 11.3. The van der Waals surface area contributed by atoms with Crippen molar-refractivity contribution in [3.05, 3.63) is 59.4 Å². The zero-order valence-electron chi connectivity index (χ0n) is 10.5. The van der Waals surface area contributed by atoms with Crippen LogP contribution in [0.3, 0.4) is 0 Å². The Bertz CT molecular complexity index is 629. The maximum Gasteiger partial charge on any atom is 0.179 e. The molecular weight excluding hydrogens is 258 g/mol. The summed E-state index contributed by atoms with van der Waals surface area (Å²) in [5, 5.41) is 2.88. The van der Waals surface area contributed by atoms with Gasteiger partial charge in [0, 0.05) is 11.5 Å². The third-order valence-corrected chi connectivity index (χ3v) is 3.73. The van der Waals surface area contributed by atoms with Gasteiger partial charge >= 0.3 is 0 Å². The Kier molecular flexibility index (Phi) is 2.83. The predicted molar refractivity (Wildman–Crippen MR) is 79.2 cm³/mol. The lowest BCUT2D eigenvalue weighted by molar-refractivity contribution is 0.414. The van der Waals surface area contributed by atoms with Crippen molar-refractivity contribution < 1.29 is 4.74 Å². The first-order chi connectivity index (χ1) is 9.19. The molecule has 4 nitrogen and oxygen atoms in total. The molecule has 0 spiro atoms. The highest BCUT2D eigenvalue weighted by Gasteiger charge is 2.28. The van der Waals surface area contributed by atoms with Gasteiger partial charge < -0.3 is 10.5 Å². The van der Waals surface area contributed by atoms with Crippen molar-refractivity contribution in [1.82, 2.24) is 4.90 Å². The topological polar surface area (TPSA) is 50.8 Å². The van der Waals surface area contributed by atoms with Crippen molar-refractivity contribution in [2.24, 2.45) is 10.7 Å². The molecule has 3 rings (SSSR count). The number of nitrogens with zero attached hydrogens (tertiary/aromatic N) is 2. The van der Waals surface area contributed by atoms with Crippen molar-refractivity contribution in [3.8, 4) is 5.75 Å². The minimum atomic E-state index is 0.641. The fraction of sp³-hybridized carbons (Fsp3) is 0.0714. The summed E-state index contributed by atoms with van der Waals surface area (Å²) in [6.07, 6.45) is 1.77. The minimum absolute atomic E-state index is 0.641. The Morgan fingerprint density at radius 3 is 2.74 bits per heavy atom. The van der Waals surface area contributed by atoms with Gasteiger partial charge in [0.2, 0.25) is 0 Å². The Labute approximate surface area is 116 Å². The van der Waals surface area contributed by atoms with E-state index in [0.29, 0.717) is 11.5 Å². The van der Waals surface area contributed by atoms with Gasteiger partial charge in [-0.3, -0.25) is 4.90 Å². The maximum absolute atomic E-state index is 6.06. The van der Waals surface area contributed by atoms with E-state index < -0.39 is 0 Å². The number of hydrogen-bond acceptors (Lipinski definition) is 5. The van der Waals surface area contributed by atoms with Crippen LogP contribution in [0.5, 0.6) is 5.75 Å². The van der Waals surface area contributed by atoms with Crippen LogP contribution in [0.1, 0.15) is 5.56 Å². The molecule has 2 aliphatic heterocycles. The van der Waals surface area contributed by atoms with Crippen molar-refractivity contribution in [1.29, 1.82) is 0 Å². The highest BCUT2D eigenvalue weighted by atomic mass is 32.2. The molecule has 0 atom stereocenters. The second-order valence-electron chi connectivity index (χ2n) is 4.14. The van der Waals surface area contributed by atoms with Gasteiger partial charge in [-0.2, -0.15) is 0 Å². The summed E-state index contributed by atoms with van der Waals surface area (Å²) in [5.74, 6) is 1.47. The molecule has 0 aromatic heterocycles. The monoisotopic (exact) mass is 271 g/mol. The largest absolute Gasteiger partial charge is 0.497 e. The third kappa shape index (κ3) is 2.02. The predicted octanol–water partition coefficient (Wildman–Crippen LogP) is 2.73. The summed E-state index contributed by atoms with van der Waals surface area (Å²) in [4.78, 5) is 6.31. The van der Waals surface area contributed by atoms with Gasteiger partial charge in [0.25, 0.3) is 0 Å². The summed E-state index contributed by atoms with van der Waals surface area (Å²) in [5.41, 5.74) is 8.83.